The fraction of sp³-hybridized carbons (Fsp3) is 0.0357. The Kier molecular flexibility index (Phi) is 5.20. The third-order valence-electron chi connectivity index (χ3n) is 5.82. The summed E-state index contributed by atoms with van der Waals surface area (Å²) in [6, 6.07) is 26.8. The lowest BCUT2D eigenvalue weighted by Crippen LogP contribution is -2.14. The van der Waals surface area contributed by atoms with Crippen molar-refractivity contribution in [3.05, 3.63) is 108 Å². The Morgan fingerprint density at radius 1 is 0.857 bits per heavy atom. The van der Waals surface area contributed by atoms with E-state index in [0.717, 1.165) is 28.7 Å². The van der Waals surface area contributed by atoms with Gasteiger partial charge in [0, 0.05) is 29.0 Å². The lowest BCUT2D eigenvalue weighted by atomic mass is 10.1. The Morgan fingerprint density at radius 3 is 2.63 bits per heavy atom. The predicted octanol–water partition coefficient (Wildman–Crippen LogP) is 5.62. The number of nitrogens with zero attached hydrogens (tertiary/aromatic N) is 4. The maximum atomic E-state index is 12.8. The first-order valence-corrected chi connectivity index (χ1v) is 11.2. The zero-order valence-corrected chi connectivity index (χ0v) is 18.6. The zero-order chi connectivity index (χ0) is 23.6. The molecule has 0 aliphatic carbocycles. The molecule has 0 fully saturated rings. The van der Waals surface area contributed by atoms with E-state index in [1.165, 1.54) is 5.56 Å². The molecule has 0 radical (unpaired) electrons. The maximum absolute atomic E-state index is 12.8. The number of rotatable bonds is 5. The molecule has 168 valence electrons. The fourth-order valence-corrected chi connectivity index (χ4v) is 4.08. The number of anilines is 3. The molecule has 1 amide bonds. The molecule has 0 atom stereocenters. The van der Waals surface area contributed by atoms with E-state index in [1.807, 2.05) is 60.8 Å². The molecule has 1 aliphatic heterocycles. The average molecular weight is 457 g/mol. The Bertz CT molecular complexity index is 1600. The van der Waals surface area contributed by atoms with Gasteiger partial charge in [-0.15, -0.1) is 0 Å². The molecule has 3 heterocycles. The molecule has 0 saturated carbocycles. The summed E-state index contributed by atoms with van der Waals surface area (Å²) in [7, 11) is 0. The van der Waals surface area contributed by atoms with Gasteiger partial charge in [0.25, 0.3) is 5.91 Å². The van der Waals surface area contributed by atoms with E-state index in [-0.39, 0.29) is 5.91 Å². The van der Waals surface area contributed by atoms with Crippen LogP contribution in [-0.2, 0) is 6.54 Å². The number of hydrogen-bond donors (Lipinski definition) is 2. The molecule has 1 aliphatic rings. The van der Waals surface area contributed by atoms with Gasteiger partial charge in [-0.2, -0.15) is 0 Å². The highest BCUT2D eigenvalue weighted by Crippen LogP contribution is 2.31. The Labute approximate surface area is 201 Å². The van der Waals surface area contributed by atoms with Crippen molar-refractivity contribution in [1.82, 2.24) is 15.0 Å². The van der Waals surface area contributed by atoms with Gasteiger partial charge >= 0.3 is 0 Å². The number of fused-ring (bicyclic) bond motifs is 2. The second-order valence-electron chi connectivity index (χ2n) is 8.14. The summed E-state index contributed by atoms with van der Waals surface area (Å²) in [6.45, 7) is 0.719. The molecule has 2 aromatic heterocycles. The standard InChI is InChI=1S/C28H20N6O/c35-28(25-11-5-6-14-30-25)33-24-10-4-2-8-22(24)27-32-23-9-3-1-7-21(23)26(34-27)31-20-13-12-18-16-29-17-19(18)15-20/h1-15,17H,16H2,(H,33,35)(H,31,32,34). The number of nitrogens with one attached hydrogen (secondary N) is 2. The lowest BCUT2D eigenvalue weighted by molar-refractivity contribution is 0.102. The van der Waals surface area contributed by atoms with Crippen molar-refractivity contribution in [3.63, 3.8) is 0 Å². The van der Waals surface area contributed by atoms with Crippen molar-refractivity contribution in [2.45, 2.75) is 6.54 Å². The van der Waals surface area contributed by atoms with Crippen molar-refractivity contribution in [2.75, 3.05) is 10.6 Å². The summed E-state index contributed by atoms with van der Waals surface area (Å²) in [5.74, 6) is 0.897. The van der Waals surface area contributed by atoms with E-state index in [4.69, 9.17) is 9.97 Å². The molecule has 6 rings (SSSR count). The van der Waals surface area contributed by atoms with Gasteiger partial charge in [-0.05, 0) is 59.7 Å². The lowest BCUT2D eigenvalue weighted by Gasteiger charge is -2.14. The molecule has 0 unspecified atom stereocenters. The normalized spacial score (nSPS) is 11.9. The number of carbonyl (C=O) groups is 1. The minimum Gasteiger partial charge on any atom is -0.340 e. The third-order valence-corrected chi connectivity index (χ3v) is 5.82. The highest BCUT2D eigenvalue weighted by Gasteiger charge is 2.16. The molecule has 0 bridgehead atoms. The van der Waals surface area contributed by atoms with Crippen LogP contribution in [0.5, 0.6) is 0 Å². The van der Waals surface area contributed by atoms with Crippen LogP contribution >= 0.6 is 0 Å². The maximum Gasteiger partial charge on any atom is 0.274 e. The van der Waals surface area contributed by atoms with Crippen LogP contribution in [0, 0.1) is 0 Å². The molecule has 7 heteroatoms. The molecule has 35 heavy (non-hydrogen) atoms. The van der Waals surface area contributed by atoms with E-state index in [2.05, 4.69) is 32.7 Å². The van der Waals surface area contributed by atoms with Crippen molar-refractivity contribution in [3.8, 4) is 11.4 Å². The van der Waals surface area contributed by atoms with Gasteiger partial charge in [0.15, 0.2) is 5.82 Å². The molecule has 5 aromatic rings. The summed E-state index contributed by atoms with van der Waals surface area (Å²) in [6.07, 6.45) is 3.49. The number of amides is 1. The van der Waals surface area contributed by atoms with Gasteiger partial charge in [0.05, 0.1) is 17.7 Å². The summed E-state index contributed by atoms with van der Waals surface area (Å²) in [5, 5.41) is 7.32. The van der Waals surface area contributed by atoms with Crippen molar-refractivity contribution < 1.29 is 4.79 Å². The molecular weight excluding hydrogens is 436 g/mol. The largest absolute Gasteiger partial charge is 0.340 e. The summed E-state index contributed by atoms with van der Waals surface area (Å²) in [4.78, 5) is 30.9. The van der Waals surface area contributed by atoms with E-state index >= 15 is 0 Å². The predicted molar refractivity (Wildman–Crippen MR) is 138 cm³/mol. The van der Waals surface area contributed by atoms with Crippen LogP contribution in [0.2, 0.25) is 0 Å². The molecule has 0 saturated heterocycles. The van der Waals surface area contributed by atoms with E-state index in [9.17, 15) is 4.79 Å². The van der Waals surface area contributed by atoms with Gasteiger partial charge in [-0.25, -0.2) is 9.97 Å². The summed E-state index contributed by atoms with van der Waals surface area (Å²) in [5.41, 5.74) is 5.70. The molecule has 0 spiro atoms. The topological polar surface area (TPSA) is 92.2 Å². The minimum atomic E-state index is -0.294. The van der Waals surface area contributed by atoms with Crippen LogP contribution in [0.3, 0.4) is 0 Å². The SMILES string of the molecule is O=C(Nc1ccccc1-c1nc(Nc2ccc3c(c2)C=NC3)c2ccccc2n1)c1ccccn1. The highest BCUT2D eigenvalue weighted by molar-refractivity contribution is 6.05. The van der Waals surface area contributed by atoms with E-state index in [1.54, 1.807) is 24.4 Å². The fourth-order valence-electron chi connectivity index (χ4n) is 4.08. The number of benzene rings is 3. The zero-order valence-electron chi connectivity index (χ0n) is 18.6. The third kappa shape index (κ3) is 4.11. The summed E-state index contributed by atoms with van der Waals surface area (Å²) < 4.78 is 0. The first kappa shape index (κ1) is 20.7. The molecule has 2 N–H and O–H groups in total. The number of aromatic nitrogens is 3. The molecular formula is C28H20N6O. The van der Waals surface area contributed by atoms with Crippen LogP contribution in [-0.4, -0.2) is 27.1 Å². The van der Waals surface area contributed by atoms with Crippen LogP contribution in [0.25, 0.3) is 22.3 Å². The number of pyridine rings is 1. The minimum absolute atomic E-state index is 0.294. The van der Waals surface area contributed by atoms with Crippen LogP contribution in [0.4, 0.5) is 17.2 Å². The number of aliphatic imine (C=N–C) groups is 1. The first-order chi connectivity index (χ1) is 17.2. The Hall–Kier alpha value is -4.91. The number of para-hydroxylation sites is 2. The Morgan fingerprint density at radius 2 is 1.71 bits per heavy atom. The van der Waals surface area contributed by atoms with Crippen molar-refractivity contribution >= 4 is 40.2 Å². The van der Waals surface area contributed by atoms with E-state index in [0.29, 0.717) is 28.6 Å². The average Bonchev–Trinajstić information content (AvgIpc) is 3.37. The second-order valence-corrected chi connectivity index (χ2v) is 8.14. The quantitative estimate of drug-likeness (QED) is 0.358. The summed E-state index contributed by atoms with van der Waals surface area (Å²) >= 11 is 0. The van der Waals surface area contributed by atoms with Crippen LogP contribution < -0.4 is 10.6 Å². The molecule has 3 aromatic carbocycles. The van der Waals surface area contributed by atoms with Gasteiger partial charge in [0.1, 0.15) is 11.5 Å². The monoisotopic (exact) mass is 456 g/mol. The van der Waals surface area contributed by atoms with Crippen molar-refractivity contribution in [1.29, 1.82) is 0 Å². The second kappa shape index (κ2) is 8.79. The Balaban J connectivity index is 1.41. The van der Waals surface area contributed by atoms with Crippen molar-refractivity contribution in [2.24, 2.45) is 4.99 Å². The first-order valence-electron chi connectivity index (χ1n) is 11.2. The van der Waals surface area contributed by atoms with Crippen LogP contribution in [0.1, 0.15) is 21.6 Å². The van der Waals surface area contributed by atoms with Gasteiger partial charge < -0.3 is 10.6 Å². The van der Waals surface area contributed by atoms with E-state index < -0.39 is 0 Å². The molecule has 7 nitrogen and oxygen atoms in total. The van der Waals surface area contributed by atoms with Gasteiger partial charge in [-0.1, -0.05) is 36.4 Å². The highest BCUT2D eigenvalue weighted by atomic mass is 16.1. The van der Waals surface area contributed by atoms with Gasteiger partial charge in [-0.3, -0.25) is 14.8 Å². The van der Waals surface area contributed by atoms with Crippen LogP contribution in [0.15, 0.2) is 96.1 Å². The van der Waals surface area contributed by atoms with Gasteiger partial charge in [0.2, 0.25) is 0 Å². The smallest absolute Gasteiger partial charge is 0.274 e. The number of carbonyl (C=O) groups excluding carboxylic acids is 1. The number of hydrogen-bond acceptors (Lipinski definition) is 6.